The average molecular weight is 262 g/mol. The van der Waals surface area contributed by atoms with Crippen LogP contribution >= 0.6 is 0 Å². The molecule has 0 N–H and O–H groups in total. The van der Waals surface area contributed by atoms with Gasteiger partial charge in [0.05, 0.1) is 13.2 Å². The Hall–Kier alpha value is -1.55. The maximum atomic E-state index is 12.4. The van der Waals surface area contributed by atoms with Gasteiger partial charge < -0.3 is 14.5 Å². The zero-order valence-corrected chi connectivity index (χ0v) is 12.0. The smallest absolute Gasteiger partial charge is 0.254 e. The van der Waals surface area contributed by atoms with Crippen molar-refractivity contribution >= 4 is 11.6 Å². The van der Waals surface area contributed by atoms with Crippen LogP contribution < -0.4 is 4.90 Å². The molecule has 0 aliphatic carbocycles. The van der Waals surface area contributed by atoms with Crippen LogP contribution in [0.15, 0.2) is 18.2 Å². The van der Waals surface area contributed by atoms with Crippen molar-refractivity contribution in [2.24, 2.45) is 0 Å². The fourth-order valence-corrected chi connectivity index (χ4v) is 2.39. The fraction of sp³-hybridized carbons (Fsp3) is 0.533. The number of morpholine rings is 1. The molecule has 0 aromatic heterocycles. The topological polar surface area (TPSA) is 32.8 Å². The maximum Gasteiger partial charge on any atom is 0.254 e. The van der Waals surface area contributed by atoms with Crippen molar-refractivity contribution in [3.63, 3.8) is 0 Å². The molecular formula is C15H22N2O2. The molecule has 1 amide bonds. The number of anilines is 1. The van der Waals surface area contributed by atoms with Gasteiger partial charge >= 0.3 is 0 Å². The first-order chi connectivity index (χ1) is 9.13. The van der Waals surface area contributed by atoms with Crippen LogP contribution in [0.2, 0.25) is 0 Å². The number of hydrogen-bond acceptors (Lipinski definition) is 3. The van der Waals surface area contributed by atoms with Gasteiger partial charge in [-0.3, -0.25) is 4.79 Å². The summed E-state index contributed by atoms with van der Waals surface area (Å²) in [6, 6.07) is 5.98. The minimum absolute atomic E-state index is 0.114. The first-order valence-electron chi connectivity index (χ1n) is 6.80. The lowest BCUT2D eigenvalue weighted by Gasteiger charge is -2.27. The molecule has 104 valence electrons. The predicted molar refractivity (Wildman–Crippen MR) is 76.9 cm³/mol. The summed E-state index contributed by atoms with van der Waals surface area (Å²) in [5.74, 6) is 0.114. The molecule has 1 aliphatic rings. The van der Waals surface area contributed by atoms with Crippen LogP contribution in [-0.4, -0.2) is 51.2 Å². The summed E-state index contributed by atoms with van der Waals surface area (Å²) >= 11 is 0. The average Bonchev–Trinajstić information content (AvgIpc) is 2.46. The largest absolute Gasteiger partial charge is 0.378 e. The normalized spacial score (nSPS) is 15.4. The second-order valence-corrected chi connectivity index (χ2v) is 5.00. The molecule has 4 nitrogen and oxygen atoms in total. The molecule has 2 rings (SSSR count). The van der Waals surface area contributed by atoms with Gasteiger partial charge in [-0.2, -0.15) is 0 Å². The third-order valence-corrected chi connectivity index (χ3v) is 3.49. The summed E-state index contributed by atoms with van der Waals surface area (Å²) in [5.41, 5.74) is 3.18. The highest BCUT2D eigenvalue weighted by Crippen LogP contribution is 2.21. The molecule has 1 heterocycles. The summed E-state index contributed by atoms with van der Waals surface area (Å²) < 4.78 is 5.28. The number of nitrogens with zero attached hydrogens (tertiary/aromatic N) is 2. The van der Waals surface area contributed by atoms with Crippen LogP contribution in [0, 0.1) is 0 Å². The van der Waals surface area contributed by atoms with Crippen LogP contribution in [0.3, 0.4) is 0 Å². The van der Waals surface area contributed by atoms with Gasteiger partial charge in [0.15, 0.2) is 0 Å². The number of carbonyl (C=O) groups is 1. The van der Waals surface area contributed by atoms with Crippen molar-refractivity contribution in [2.75, 3.05) is 45.3 Å². The van der Waals surface area contributed by atoms with E-state index in [2.05, 4.69) is 11.8 Å². The summed E-state index contributed by atoms with van der Waals surface area (Å²) in [6.45, 7) is 4.78. The Bertz CT molecular complexity index is 451. The fourth-order valence-electron chi connectivity index (χ4n) is 2.39. The van der Waals surface area contributed by atoms with Crippen LogP contribution in [0.25, 0.3) is 0 Å². The van der Waals surface area contributed by atoms with Crippen LogP contribution in [-0.2, 0) is 11.2 Å². The lowest BCUT2D eigenvalue weighted by Crippen LogP contribution is -2.40. The Balaban J connectivity index is 2.22. The molecular weight excluding hydrogens is 240 g/mol. The van der Waals surface area contributed by atoms with Gasteiger partial charge in [0.1, 0.15) is 0 Å². The van der Waals surface area contributed by atoms with Crippen molar-refractivity contribution in [1.29, 1.82) is 0 Å². The monoisotopic (exact) mass is 262 g/mol. The van der Waals surface area contributed by atoms with Gasteiger partial charge in [-0.25, -0.2) is 0 Å². The highest BCUT2D eigenvalue weighted by Gasteiger charge is 2.19. The molecule has 1 fully saturated rings. The van der Waals surface area contributed by atoms with Crippen molar-refractivity contribution in [2.45, 2.75) is 13.3 Å². The van der Waals surface area contributed by atoms with Crippen molar-refractivity contribution in [3.8, 4) is 0 Å². The summed E-state index contributed by atoms with van der Waals surface area (Å²) in [4.78, 5) is 16.4. The number of carbonyl (C=O) groups excluding carboxylic acids is 1. The molecule has 0 unspecified atom stereocenters. The standard InChI is InChI=1S/C15H22N2O2/c1-4-12-11-13(5-6-14(12)16(2)3)15(18)17-7-9-19-10-8-17/h5-6,11H,4,7-10H2,1-3H3. The zero-order chi connectivity index (χ0) is 13.8. The van der Waals surface area contributed by atoms with E-state index in [9.17, 15) is 4.79 Å². The highest BCUT2D eigenvalue weighted by molar-refractivity contribution is 5.95. The molecule has 4 heteroatoms. The number of ether oxygens (including phenoxy) is 1. The van der Waals surface area contributed by atoms with E-state index in [1.165, 1.54) is 11.3 Å². The number of aryl methyl sites for hydroxylation is 1. The molecule has 1 saturated heterocycles. The first kappa shape index (κ1) is 13.9. The van der Waals surface area contributed by atoms with Gasteiger partial charge in [-0.05, 0) is 30.2 Å². The number of hydrogen-bond donors (Lipinski definition) is 0. The maximum absolute atomic E-state index is 12.4. The van der Waals surface area contributed by atoms with Gasteiger partial charge in [-0.15, -0.1) is 0 Å². The van der Waals surface area contributed by atoms with Crippen molar-refractivity contribution in [3.05, 3.63) is 29.3 Å². The van der Waals surface area contributed by atoms with E-state index in [-0.39, 0.29) is 5.91 Å². The lowest BCUT2D eigenvalue weighted by molar-refractivity contribution is 0.0303. The van der Waals surface area contributed by atoms with Crippen LogP contribution in [0.1, 0.15) is 22.8 Å². The van der Waals surface area contributed by atoms with Gasteiger partial charge in [-0.1, -0.05) is 6.92 Å². The third-order valence-electron chi connectivity index (χ3n) is 3.49. The van der Waals surface area contributed by atoms with E-state index in [1.807, 2.05) is 37.2 Å². The first-order valence-corrected chi connectivity index (χ1v) is 6.80. The highest BCUT2D eigenvalue weighted by atomic mass is 16.5. The van der Waals surface area contributed by atoms with Gasteiger partial charge in [0.2, 0.25) is 0 Å². The third kappa shape index (κ3) is 3.07. The Labute approximate surface area is 115 Å². The number of benzene rings is 1. The van der Waals surface area contributed by atoms with Crippen LogP contribution in [0.4, 0.5) is 5.69 Å². The van der Waals surface area contributed by atoms with Crippen LogP contribution in [0.5, 0.6) is 0 Å². The summed E-state index contributed by atoms with van der Waals surface area (Å²) in [7, 11) is 4.05. The number of rotatable bonds is 3. The minimum Gasteiger partial charge on any atom is -0.378 e. The Kier molecular flexibility index (Phi) is 4.43. The Morgan fingerprint density at radius 2 is 2.00 bits per heavy atom. The number of amides is 1. The SMILES string of the molecule is CCc1cc(C(=O)N2CCOCC2)ccc1N(C)C. The van der Waals surface area contributed by atoms with E-state index in [4.69, 9.17) is 4.74 Å². The Morgan fingerprint density at radius 3 is 2.58 bits per heavy atom. The van der Waals surface area contributed by atoms with Crippen molar-refractivity contribution in [1.82, 2.24) is 4.90 Å². The molecule has 0 radical (unpaired) electrons. The van der Waals surface area contributed by atoms with E-state index in [1.54, 1.807) is 0 Å². The molecule has 0 spiro atoms. The Morgan fingerprint density at radius 1 is 1.32 bits per heavy atom. The van der Waals surface area contributed by atoms with E-state index < -0.39 is 0 Å². The van der Waals surface area contributed by atoms with Crippen molar-refractivity contribution < 1.29 is 9.53 Å². The quantitative estimate of drug-likeness (QED) is 0.832. The molecule has 1 aromatic rings. The van der Waals surface area contributed by atoms with E-state index >= 15 is 0 Å². The second kappa shape index (κ2) is 6.06. The van der Waals surface area contributed by atoms with Gasteiger partial charge in [0.25, 0.3) is 5.91 Å². The summed E-state index contributed by atoms with van der Waals surface area (Å²) in [6.07, 6.45) is 0.928. The zero-order valence-electron chi connectivity index (χ0n) is 12.0. The van der Waals surface area contributed by atoms with Gasteiger partial charge in [0, 0.05) is 38.4 Å². The minimum atomic E-state index is 0.114. The molecule has 0 bridgehead atoms. The lowest BCUT2D eigenvalue weighted by atomic mass is 10.0. The molecule has 0 saturated carbocycles. The summed E-state index contributed by atoms with van der Waals surface area (Å²) in [5, 5.41) is 0. The predicted octanol–water partition coefficient (Wildman–Crippen LogP) is 1.79. The van der Waals surface area contributed by atoms with E-state index in [0.29, 0.717) is 26.3 Å². The molecule has 0 atom stereocenters. The van der Waals surface area contributed by atoms with E-state index in [0.717, 1.165) is 12.0 Å². The molecule has 19 heavy (non-hydrogen) atoms. The molecule has 1 aromatic carbocycles. The second-order valence-electron chi connectivity index (χ2n) is 5.00. The molecule has 1 aliphatic heterocycles.